The Hall–Kier alpha value is -3.15. The molecule has 0 bridgehead atoms. The summed E-state index contributed by atoms with van der Waals surface area (Å²) in [4.78, 5) is 36.4. The van der Waals surface area contributed by atoms with Gasteiger partial charge in [0.1, 0.15) is 5.75 Å². The summed E-state index contributed by atoms with van der Waals surface area (Å²) in [5.74, 6) is -0.943. The second-order valence-corrected chi connectivity index (χ2v) is 5.85. The number of phenols is 1. The molecule has 0 atom stereocenters. The van der Waals surface area contributed by atoms with Crippen molar-refractivity contribution in [3.8, 4) is 5.75 Å². The van der Waals surface area contributed by atoms with Crippen LogP contribution in [0.25, 0.3) is 0 Å². The van der Waals surface area contributed by atoms with Crippen LogP contribution in [0, 0.1) is 0 Å². The summed E-state index contributed by atoms with van der Waals surface area (Å²) >= 11 is 0. The van der Waals surface area contributed by atoms with Gasteiger partial charge >= 0.3 is 0 Å². The molecular weight excluding hydrogens is 320 g/mol. The zero-order valence-corrected chi connectivity index (χ0v) is 13.8. The quantitative estimate of drug-likeness (QED) is 0.489. The van der Waals surface area contributed by atoms with Crippen molar-refractivity contribution < 1.29 is 19.5 Å². The van der Waals surface area contributed by atoms with Crippen molar-refractivity contribution in [2.75, 3.05) is 18.4 Å². The molecule has 128 valence electrons. The van der Waals surface area contributed by atoms with E-state index in [2.05, 4.69) is 10.6 Å². The lowest BCUT2D eigenvalue weighted by molar-refractivity contribution is -0.118. The molecule has 1 aliphatic carbocycles. The molecule has 0 saturated heterocycles. The van der Waals surface area contributed by atoms with Crippen LogP contribution in [-0.2, 0) is 4.79 Å². The Bertz CT molecular complexity index is 874. The van der Waals surface area contributed by atoms with Gasteiger partial charge in [-0.1, -0.05) is 24.3 Å². The molecule has 0 fully saturated rings. The number of carbonyl (C=O) groups is 3. The Morgan fingerprint density at radius 2 is 1.60 bits per heavy atom. The number of ketones is 2. The normalized spacial score (nSPS) is 12.4. The highest BCUT2D eigenvalue weighted by Crippen LogP contribution is 2.36. The third-order valence-electron chi connectivity index (χ3n) is 4.10. The molecule has 2 aromatic carbocycles. The summed E-state index contributed by atoms with van der Waals surface area (Å²) in [6.45, 7) is 2.48. The minimum absolute atomic E-state index is 0.0376. The SMILES string of the molecule is CC(=O)NCCCNc1ccc(O)c2c1C(=O)c1ccccc1C2=O. The molecule has 0 heterocycles. The van der Waals surface area contributed by atoms with E-state index >= 15 is 0 Å². The van der Waals surface area contributed by atoms with Gasteiger partial charge in [-0.05, 0) is 18.6 Å². The maximum atomic E-state index is 12.8. The third kappa shape index (κ3) is 3.10. The van der Waals surface area contributed by atoms with E-state index in [0.29, 0.717) is 36.3 Å². The Morgan fingerprint density at radius 1 is 0.960 bits per heavy atom. The van der Waals surface area contributed by atoms with Crippen molar-refractivity contribution in [1.82, 2.24) is 5.32 Å². The number of fused-ring (bicyclic) bond motifs is 2. The molecule has 1 aliphatic rings. The molecular formula is C19H18N2O4. The summed E-state index contributed by atoms with van der Waals surface area (Å²) in [7, 11) is 0. The van der Waals surface area contributed by atoms with E-state index in [0.717, 1.165) is 0 Å². The standard InChI is InChI=1S/C19H18N2O4/c1-11(22)20-9-4-10-21-14-7-8-15(23)17-16(14)18(24)12-5-2-3-6-13(12)19(17)25/h2-3,5-8,21,23H,4,9-10H2,1H3,(H,20,22). The highest BCUT2D eigenvalue weighted by atomic mass is 16.3. The summed E-state index contributed by atoms with van der Waals surface area (Å²) in [6, 6.07) is 9.60. The van der Waals surface area contributed by atoms with Gasteiger partial charge in [0.25, 0.3) is 0 Å². The van der Waals surface area contributed by atoms with Crippen LogP contribution in [0.5, 0.6) is 5.75 Å². The van der Waals surface area contributed by atoms with Crippen molar-refractivity contribution in [3.63, 3.8) is 0 Å². The van der Waals surface area contributed by atoms with Gasteiger partial charge in [0.2, 0.25) is 5.91 Å². The van der Waals surface area contributed by atoms with Crippen LogP contribution in [0.2, 0.25) is 0 Å². The first kappa shape index (κ1) is 16.7. The molecule has 6 nitrogen and oxygen atoms in total. The lowest BCUT2D eigenvalue weighted by Gasteiger charge is -2.21. The van der Waals surface area contributed by atoms with Gasteiger partial charge in [-0.15, -0.1) is 0 Å². The summed E-state index contributed by atoms with van der Waals surface area (Å²) in [5.41, 5.74) is 1.38. The van der Waals surface area contributed by atoms with E-state index < -0.39 is 0 Å². The Labute approximate surface area is 144 Å². The van der Waals surface area contributed by atoms with E-state index in [4.69, 9.17) is 0 Å². The monoisotopic (exact) mass is 338 g/mol. The third-order valence-corrected chi connectivity index (χ3v) is 4.10. The van der Waals surface area contributed by atoms with E-state index in [1.54, 1.807) is 30.3 Å². The predicted octanol–water partition coefficient (Wildman–Crippen LogP) is 2.11. The van der Waals surface area contributed by atoms with Crippen LogP contribution >= 0.6 is 0 Å². The highest BCUT2D eigenvalue weighted by molar-refractivity contribution is 6.31. The van der Waals surface area contributed by atoms with Gasteiger partial charge in [0.05, 0.1) is 11.1 Å². The van der Waals surface area contributed by atoms with Gasteiger partial charge in [0.15, 0.2) is 11.6 Å². The first-order valence-electron chi connectivity index (χ1n) is 8.03. The van der Waals surface area contributed by atoms with Gasteiger partial charge in [-0.25, -0.2) is 0 Å². The van der Waals surface area contributed by atoms with Crippen LogP contribution in [0.1, 0.15) is 45.2 Å². The van der Waals surface area contributed by atoms with Crippen molar-refractivity contribution in [2.45, 2.75) is 13.3 Å². The van der Waals surface area contributed by atoms with Crippen LogP contribution in [0.3, 0.4) is 0 Å². The molecule has 25 heavy (non-hydrogen) atoms. The first-order chi connectivity index (χ1) is 12.0. The van der Waals surface area contributed by atoms with Crippen LogP contribution in [0.4, 0.5) is 5.69 Å². The number of amides is 1. The number of phenolic OH excluding ortho intramolecular Hbond substituents is 1. The molecule has 0 unspecified atom stereocenters. The second kappa shape index (κ2) is 6.76. The predicted molar refractivity (Wildman–Crippen MR) is 93.2 cm³/mol. The molecule has 0 saturated carbocycles. The minimum Gasteiger partial charge on any atom is -0.507 e. The molecule has 2 aromatic rings. The smallest absolute Gasteiger partial charge is 0.216 e. The van der Waals surface area contributed by atoms with Crippen LogP contribution in [0.15, 0.2) is 36.4 Å². The number of hydrogen-bond acceptors (Lipinski definition) is 5. The number of anilines is 1. The molecule has 1 amide bonds. The number of benzene rings is 2. The summed E-state index contributed by atoms with van der Waals surface area (Å²) in [6.07, 6.45) is 0.661. The maximum Gasteiger partial charge on any atom is 0.216 e. The van der Waals surface area contributed by atoms with Crippen molar-refractivity contribution in [3.05, 3.63) is 58.7 Å². The molecule has 0 radical (unpaired) electrons. The lowest BCUT2D eigenvalue weighted by atomic mass is 9.82. The van der Waals surface area contributed by atoms with Gasteiger partial charge in [-0.2, -0.15) is 0 Å². The average Bonchev–Trinajstić information content (AvgIpc) is 2.60. The highest BCUT2D eigenvalue weighted by Gasteiger charge is 2.33. The van der Waals surface area contributed by atoms with Crippen LogP contribution < -0.4 is 10.6 Å². The van der Waals surface area contributed by atoms with E-state index in [9.17, 15) is 19.5 Å². The molecule has 0 aromatic heterocycles. The Kier molecular flexibility index (Phi) is 4.52. The maximum absolute atomic E-state index is 12.8. The topological polar surface area (TPSA) is 95.5 Å². The number of carbonyl (C=O) groups excluding carboxylic acids is 3. The molecule has 6 heteroatoms. The van der Waals surface area contributed by atoms with E-state index in [-0.39, 0.29) is 34.4 Å². The fourth-order valence-electron chi connectivity index (χ4n) is 2.93. The number of hydrogen-bond donors (Lipinski definition) is 3. The van der Waals surface area contributed by atoms with Gasteiger partial charge in [0, 0.05) is 36.8 Å². The number of nitrogens with one attached hydrogen (secondary N) is 2. The fourth-order valence-corrected chi connectivity index (χ4v) is 2.93. The van der Waals surface area contributed by atoms with Gasteiger partial charge < -0.3 is 15.7 Å². The van der Waals surface area contributed by atoms with E-state index in [1.807, 2.05) is 0 Å². The average molecular weight is 338 g/mol. The number of aromatic hydroxyl groups is 1. The summed E-state index contributed by atoms with van der Waals surface area (Å²) < 4.78 is 0. The number of rotatable bonds is 5. The lowest BCUT2D eigenvalue weighted by Crippen LogP contribution is -2.24. The van der Waals surface area contributed by atoms with Crippen molar-refractivity contribution in [2.24, 2.45) is 0 Å². The Morgan fingerprint density at radius 3 is 2.24 bits per heavy atom. The second-order valence-electron chi connectivity index (χ2n) is 5.85. The molecule has 3 N–H and O–H groups in total. The largest absolute Gasteiger partial charge is 0.507 e. The van der Waals surface area contributed by atoms with Crippen molar-refractivity contribution >= 4 is 23.2 Å². The first-order valence-corrected chi connectivity index (χ1v) is 8.03. The van der Waals surface area contributed by atoms with E-state index in [1.165, 1.54) is 13.0 Å². The van der Waals surface area contributed by atoms with Gasteiger partial charge in [-0.3, -0.25) is 14.4 Å². The fraction of sp³-hybridized carbons (Fsp3) is 0.211. The van der Waals surface area contributed by atoms with Crippen molar-refractivity contribution in [1.29, 1.82) is 0 Å². The summed E-state index contributed by atoms with van der Waals surface area (Å²) in [5, 5.41) is 15.9. The zero-order valence-electron chi connectivity index (χ0n) is 13.8. The van der Waals surface area contributed by atoms with Crippen LogP contribution in [-0.4, -0.2) is 35.7 Å². The molecule has 0 aliphatic heterocycles. The minimum atomic E-state index is -0.357. The molecule has 0 spiro atoms. The Balaban J connectivity index is 1.90. The zero-order chi connectivity index (χ0) is 18.0. The molecule has 3 rings (SSSR count).